The van der Waals surface area contributed by atoms with Crippen molar-refractivity contribution >= 4 is 23.5 Å². The highest BCUT2D eigenvalue weighted by molar-refractivity contribution is 5.97. The summed E-state index contributed by atoms with van der Waals surface area (Å²) in [6.07, 6.45) is 0. The first-order chi connectivity index (χ1) is 10.9. The topological polar surface area (TPSA) is 120 Å². The summed E-state index contributed by atoms with van der Waals surface area (Å²) in [5.41, 5.74) is 4.93. The minimum atomic E-state index is -3.16. The van der Waals surface area contributed by atoms with Crippen LogP contribution < -0.4 is 21.1 Å². The number of methoxy groups -OCH3 is 1. The molecule has 0 heterocycles. The molecule has 1 aromatic rings. The predicted molar refractivity (Wildman–Crippen MR) is 75.1 cm³/mol. The Morgan fingerprint density at radius 1 is 1.26 bits per heavy atom. The number of halogens is 2. The molecule has 0 aliphatic carbocycles. The van der Waals surface area contributed by atoms with Gasteiger partial charge in [0.2, 0.25) is 11.8 Å². The second-order valence-electron chi connectivity index (χ2n) is 4.11. The molecule has 0 aliphatic rings. The number of anilines is 1. The van der Waals surface area contributed by atoms with Crippen LogP contribution in [0.2, 0.25) is 0 Å². The Morgan fingerprint density at radius 2 is 1.96 bits per heavy atom. The van der Waals surface area contributed by atoms with E-state index in [9.17, 15) is 23.2 Å². The van der Waals surface area contributed by atoms with Crippen molar-refractivity contribution in [1.29, 1.82) is 0 Å². The van der Waals surface area contributed by atoms with Gasteiger partial charge in [-0.05, 0) is 18.2 Å². The Morgan fingerprint density at radius 3 is 2.52 bits per heavy atom. The third-order valence-corrected chi connectivity index (χ3v) is 2.52. The molecule has 0 atom stereocenters. The number of hydrogen-bond donors (Lipinski definition) is 3. The van der Waals surface area contributed by atoms with E-state index in [2.05, 4.69) is 20.1 Å². The summed E-state index contributed by atoms with van der Waals surface area (Å²) in [7, 11) is 1.13. The molecule has 0 saturated heterocycles. The summed E-state index contributed by atoms with van der Waals surface area (Å²) >= 11 is 0. The number of alkyl halides is 2. The number of ether oxygens (including phenoxy) is 2. The molecular formula is C13H15F2N3O5. The van der Waals surface area contributed by atoms with Crippen LogP contribution in [0.15, 0.2) is 18.2 Å². The van der Waals surface area contributed by atoms with Gasteiger partial charge in [-0.25, -0.2) is 4.79 Å². The average Bonchev–Trinajstić information content (AvgIpc) is 2.52. The molecule has 0 aliphatic heterocycles. The third kappa shape index (κ3) is 5.87. The lowest BCUT2D eigenvalue weighted by Gasteiger charge is -2.13. The van der Waals surface area contributed by atoms with Gasteiger partial charge in [0.05, 0.1) is 31.5 Å². The number of carbonyl (C=O) groups is 3. The second-order valence-corrected chi connectivity index (χ2v) is 4.11. The van der Waals surface area contributed by atoms with Crippen molar-refractivity contribution in [2.45, 2.75) is 6.61 Å². The first-order valence-electron chi connectivity index (χ1n) is 6.31. The van der Waals surface area contributed by atoms with Gasteiger partial charge in [-0.2, -0.15) is 8.78 Å². The minimum Gasteiger partial charge on any atom is -0.465 e. The van der Waals surface area contributed by atoms with E-state index in [-0.39, 0.29) is 17.8 Å². The van der Waals surface area contributed by atoms with Crippen LogP contribution in [0.4, 0.5) is 14.5 Å². The van der Waals surface area contributed by atoms with E-state index < -0.39 is 36.7 Å². The lowest BCUT2D eigenvalue weighted by atomic mass is 10.2. The number of amides is 2. The first-order valence-corrected chi connectivity index (χ1v) is 6.31. The Hall–Kier alpha value is -2.75. The van der Waals surface area contributed by atoms with Gasteiger partial charge in [-0.15, -0.1) is 0 Å². The van der Waals surface area contributed by atoms with Gasteiger partial charge in [0, 0.05) is 0 Å². The van der Waals surface area contributed by atoms with E-state index in [1.807, 2.05) is 0 Å². The molecule has 0 radical (unpaired) electrons. The fraction of sp³-hybridized carbons (Fsp3) is 0.308. The molecule has 126 valence electrons. The molecule has 8 nitrogen and oxygen atoms in total. The van der Waals surface area contributed by atoms with E-state index in [1.165, 1.54) is 12.1 Å². The SMILES string of the molecule is COC(=O)c1ccc(NC(=O)CNC(=O)CN)c(OC(F)F)c1. The van der Waals surface area contributed by atoms with Crippen molar-refractivity contribution in [3.05, 3.63) is 23.8 Å². The molecule has 10 heteroatoms. The maximum Gasteiger partial charge on any atom is 0.387 e. The normalized spacial score (nSPS) is 10.1. The number of esters is 1. The molecule has 0 spiro atoms. The zero-order valence-corrected chi connectivity index (χ0v) is 12.1. The van der Waals surface area contributed by atoms with Gasteiger partial charge in [0.1, 0.15) is 5.75 Å². The number of benzene rings is 1. The summed E-state index contributed by atoms with van der Waals surface area (Å²) in [6, 6.07) is 3.47. The average molecular weight is 331 g/mol. The van der Waals surface area contributed by atoms with Crippen LogP contribution in [0.1, 0.15) is 10.4 Å². The van der Waals surface area contributed by atoms with Gasteiger partial charge in [-0.1, -0.05) is 0 Å². The number of nitrogens with two attached hydrogens (primary N) is 1. The van der Waals surface area contributed by atoms with E-state index in [0.29, 0.717) is 0 Å². The largest absolute Gasteiger partial charge is 0.465 e. The van der Waals surface area contributed by atoms with Crippen LogP contribution in [0.5, 0.6) is 5.75 Å². The predicted octanol–water partition coefficient (Wildman–Crippen LogP) is 0.0880. The summed E-state index contributed by atoms with van der Waals surface area (Å²) in [5.74, 6) is -2.40. The molecule has 0 unspecified atom stereocenters. The van der Waals surface area contributed by atoms with Gasteiger partial charge in [0.25, 0.3) is 0 Å². The Balaban J connectivity index is 2.89. The zero-order chi connectivity index (χ0) is 17.4. The smallest absolute Gasteiger partial charge is 0.387 e. The highest BCUT2D eigenvalue weighted by Gasteiger charge is 2.16. The number of hydrogen-bond acceptors (Lipinski definition) is 6. The van der Waals surface area contributed by atoms with Crippen LogP contribution >= 0.6 is 0 Å². The summed E-state index contributed by atoms with van der Waals surface area (Å²) < 4.78 is 33.6. The van der Waals surface area contributed by atoms with Crippen molar-refractivity contribution in [3.8, 4) is 5.75 Å². The second kappa shape index (κ2) is 8.63. The molecule has 1 aromatic carbocycles. The zero-order valence-electron chi connectivity index (χ0n) is 12.1. The van der Waals surface area contributed by atoms with E-state index in [1.54, 1.807) is 0 Å². The fourth-order valence-electron chi connectivity index (χ4n) is 1.51. The lowest BCUT2D eigenvalue weighted by molar-refractivity contribution is -0.123. The Kier molecular flexibility index (Phi) is 6.87. The molecule has 0 fully saturated rings. The highest BCUT2D eigenvalue weighted by Crippen LogP contribution is 2.27. The maximum absolute atomic E-state index is 12.4. The molecule has 0 bridgehead atoms. The maximum atomic E-state index is 12.4. The van der Waals surface area contributed by atoms with Crippen molar-refractivity contribution in [1.82, 2.24) is 5.32 Å². The van der Waals surface area contributed by atoms with Gasteiger partial charge < -0.3 is 25.8 Å². The van der Waals surface area contributed by atoms with Crippen molar-refractivity contribution < 1.29 is 32.6 Å². The van der Waals surface area contributed by atoms with Crippen LogP contribution in [0.3, 0.4) is 0 Å². The van der Waals surface area contributed by atoms with E-state index >= 15 is 0 Å². The van der Waals surface area contributed by atoms with E-state index in [4.69, 9.17) is 5.73 Å². The molecule has 2 amide bonds. The molecule has 1 rings (SSSR count). The molecule has 4 N–H and O–H groups in total. The lowest BCUT2D eigenvalue weighted by Crippen LogP contribution is -2.36. The van der Waals surface area contributed by atoms with Crippen molar-refractivity contribution in [2.75, 3.05) is 25.5 Å². The number of carbonyl (C=O) groups excluding carboxylic acids is 3. The third-order valence-electron chi connectivity index (χ3n) is 2.52. The van der Waals surface area contributed by atoms with Gasteiger partial charge in [-0.3, -0.25) is 9.59 Å². The summed E-state index contributed by atoms with van der Waals surface area (Å²) in [5, 5.41) is 4.49. The fourth-order valence-corrected chi connectivity index (χ4v) is 1.51. The van der Waals surface area contributed by atoms with Crippen molar-refractivity contribution in [2.24, 2.45) is 5.73 Å². The van der Waals surface area contributed by atoms with Crippen LogP contribution in [0, 0.1) is 0 Å². The molecular weight excluding hydrogens is 316 g/mol. The number of rotatable bonds is 7. The van der Waals surface area contributed by atoms with Crippen LogP contribution in [0.25, 0.3) is 0 Å². The summed E-state index contributed by atoms with van der Waals surface area (Å²) in [6.45, 7) is -3.85. The molecule has 23 heavy (non-hydrogen) atoms. The monoisotopic (exact) mass is 331 g/mol. The minimum absolute atomic E-state index is 0.0300. The summed E-state index contributed by atoms with van der Waals surface area (Å²) in [4.78, 5) is 34.0. The Labute approximate surface area is 129 Å². The first kappa shape index (κ1) is 18.3. The van der Waals surface area contributed by atoms with E-state index in [0.717, 1.165) is 13.2 Å². The van der Waals surface area contributed by atoms with Crippen molar-refractivity contribution in [3.63, 3.8) is 0 Å². The number of nitrogens with one attached hydrogen (secondary N) is 2. The Bertz CT molecular complexity index is 595. The van der Waals surface area contributed by atoms with Crippen LogP contribution in [-0.2, 0) is 14.3 Å². The van der Waals surface area contributed by atoms with Gasteiger partial charge in [0.15, 0.2) is 0 Å². The molecule has 0 aromatic heterocycles. The quantitative estimate of drug-likeness (QED) is 0.609. The highest BCUT2D eigenvalue weighted by atomic mass is 19.3. The molecule has 0 saturated carbocycles. The van der Waals surface area contributed by atoms with Crippen LogP contribution in [-0.4, -0.2) is 44.6 Å². The van der Waals surface area contributed by atoms with Gasteiger partial charge >= 0.3 is 12.6 Å². The standard InChI is InChI=1S/C13H15F2N3O5/c1-22-12(21)7-2-3-8(9(4-7)23-13(14)15)18-11(20)6-17-10(19)5-16/h2-4,13H,5-6,16H2,1H3,(H,17,19)(H,18,20).